The van der Waals surface area contributed by atoms with Crippen molar-refractivity contribution in [3.05, 3.63) is 177 Å². The molecule has 94 heavy (non-hydrogen) atoms. The van der Waals surface area contributed by atoms with E-state index in [-0.39, 0.29) is 148 Å². The van der Waals surface area contributed by atoms with Crippen molar-refractivity contribution in [2.75, 3.05) is 0 Å². The molecule has 0 unspecified atom stereocenters. The van der Waals surface area contributed by atoms with Gasteiger partial charge in [0.05, 0.1) is 0 Å². The monoisotopic (exact) mass is 1540 g/mol. The van der Waals surface area contributed by atoms with Crippen molar-refractivity contribution >= 4 is 0 Å². The predicted octanol–water partition coefficient (Wildman–Crippen LogP) is 19.8. The molecular formula is C80H130Ce2N12. The number of aromatic nitrogens is 12. The molecule has 0 saturated heterocycles. The fourth-order valence-electron chi connectivity index (χ4n) is 7.24. The molecule has 8 rings (SSSR count). The summed E-state index contributed by atoms with van der Waals surface area (Å²) in [5, 5.41) is 50.4. The number of aryl methyl sites for hydroxylation is 2. The molecule has 0 spiro atoms. The number of rotatable bonds is 0. The van der Waals surface area contributed by atoms with E-state index in [1.165, 1.54) is 11.1 Å². The van der Waals surface area contributed by atoms with Gasteiger partial charge >= 0.3 is 83.5 Å². The molecule has 2 radical (unpaired) electrons. The fraction of sp³-hybridized carbons (Fsp3) is 0.625. The summed E-state index contributed by atoms with van der Waals surface area (Å²) in [4.78, 5) is 0. The van der Waals surface area contributed by atoms with Gasteiger partial charge in [0, 0.05) is 66.7 Å². The van der Waals surface area contributed by atoms with Gasteiger partial charge < -0.3 is 61.2 Å². The minimum absolute atomic E-state index is 0. The van der Waals surface area contributed by atoms with Crippen LogP contribution < -0.4 is 30.6 Å². The van der Waals surface area contributed by atoms with E-state index in [0.717, 1.165) is 68.3 Å². The van der Waals surface area contributed by atoms with E-state index in [2.05, 4.69) is 385 Å². The largest absolute Gasteiger partial charge is 3.00 e. The first-order valence-corrected chi connectivity index (χ1v) is 33.2. The van der Waals surface area contributed by atoms with Crippen LogP contribution in [-0.4, -0.2) is 30.6 Å². The van der Waals surface area contributed by atoms with Crippen LogP contribution in [0.15, 0.2) is 97.1 Å². The molecule has 0 N–H and O–H groups in total. The molecule has 0 fully saturated rings. The maximum absolute atomic E-state index is 4.20. The smallest absolute Gasteiger partial charge is 0.578 e. The molecule has 0 amide bonds. The summed E-state index contributed by atoms with van der Waals surface area (Å²) in [7, 11) is 0. The number of nitrogens with zero attached hydrogens (tertiary/aromatic N) is 12. The van der Waals surface area contributed by atoms with Crippen LogP contribution >= 0.6 is 0 Å². The zero-order valence-electron chi connectivity index (χ0n) is 66.6. The molecule has 0 atom stereocenters. The van der Waals surface area contributed by atoms with Crippen LogP contribution in [-0.2, 0) is 65.0 Å². The molecule has 6 aromatic heterocycles. The van der Waals surface area contributed by atoms with E-state index in [4.69, 9.17) is 0 Å². The summed E-state index contributed by atoms with van der Waals surface area (Å²) >= 11 is 0. The van der Waals surface area contributed by atoms with Crippen LogP contribution in [0.4, 0.5) is 0 Å². The molecule has 0 aliphatic heterocycles. The SMILES string of the molecule is CC(C)(C)c1cc(C(C)(C)C)[n-]n1.CC(C)(C)c1cc(C(C)(C)C)[n-]n1.CC(C)(C)c1cc(C(C)(C)C)[n-]n1.CC(C)(C)c1cc(C(C)(C)C)[n-]n1.CC(C)(C)c1cc(C(C)(C)C)[n-]n1.CC(C)(C)c1cc(C(C)(C)C)[n-]n1.Cc1ccccc1.Cc1ccccc1.[Ce+3].[Ce+3]. The molecule has 0 bridgehead atoms. The molecule has 6 heterocycles. The standard InChI is InChI=1S/6C11H19N2.2C7H8.2Ce/c6*1-10(2,3)8-7-9(13-12-8)11(4,5)6;2*1-7-5-3-2-4-6-7;;/h6*7H,1-6H3;2*2-6H,1H3;;/q6*-1;;;2*+3. The molecular weight excluding hydrogens is 1410 g/mol. The van der Waals surface area contributed by atoms with Crippen molar-refractivity contribution in [2.24, 2.45) is 0 Å². The molecule has 0 saturated carbocycles. The Morgan fingerprint density at radius 3 is 0.362 bits per heavy atom. The average molecular weight is 1540 g/mol. The summed E-state index contributed by atoms with van der Waals surface area (Å²) in [6.45, 7) is 81.8. The summed E-state index contributed by atoms with van der Waals surface area (Å²) in [6, 6.07) is 33.2. The Balaban J connectivity index is 0. The van der Waals surface area contributed by atoms with E-state index in [9.17, 15) is 0 Å². The Kier molecular flexibility index (Phi) is 35.9. The van der Waals surface area contributed by atoms with Crippen molar-refractivity contribution in [3.63, 3.8) is 0 Å². The summed E-state index contributed by atoms with van der Waals surface area (Å²) in [5.74, 6) is 0. The number of hydrogen-bond acceptors (Lipinski definition) is 6. The maximum atomic E-state index is 4.20. The summed E-state index contributed by atoms with van der Waals surface area (Å²) in [5.41, 5.74) is 16.9. The zero-order valence-corrected chi connectivity index (χ0v) is 72.9. The molecule has 0 aliphatic rings. The Morgan fingerprint density at radius 1 is 0.191 bits per heavy atom. The first-order valence-electron chi connectivity index (χ1n) is 33.2. The summed E-state index contributed by atoms with van der Waals surface area (Å²) < 4.78 is 0. The van der Waals surface area contributed by atoms with Gasteiger partial charge in [-0.25, -0.2) is 0 Å². The van der Waals surface area contributed by atoms with Crippen LogP contribution in [0.3, 0.4) is 0 Å². The first-order chi connectivity index (χ1) is 41.0. The van der Waals surface area contributed by atoms with Crippen LogP contribution in [0.2, 0.25) is 0 Å². The fourth-order valence-corrected chi connectivity index (χ4v) is 7.24. The number of hydrogen-bond donors (Lipinski definition) is 0. The van der Waals surface area contributed by atoms with Gasteiger partial charge in [-0.15, -0.1) is 34.2 Å². The zero-order chi connectivity index (χ0) is 71.9. The van der Waals surface area contributed by atoms with Crippen LogP contribution in [0, 0.1) is 97.3 Å². The Labute approximate surface area is 642 Å². The molecule has 12 nitrogen and oxygen atoms in total. The van der Waals surface area contributed by atoms with Gasteiger partial charge in [-0.1, -0.05) is 357 Å². The minimum Gasteiger partial charge on any atom is -0.578 e. The Morgan fingerprint density at radius 2 is 0.309 bits per heavy atom. The van der Waals surface area contributed by atoms with Crippen molar-refractivity contribution < 1.29 is 83.5 Å². The molecule has 8 aromatic rings. The van der Waals surface area contributed by atoms with E-state index in [1.54, 1.807) is 0 Å². The second kappa shape index (κ2) is 36.5. The summed E-state index contributed by atoms with van der Waals surface area (Å²) in [6.07, 6.45) is 0. The topological polar surface area (TPSA) is 162 Å². The third kappa shape index (κ3) is 35.3. The van der Waals surface area contributed by atoms with Crippen molar-refractivity contribution in [1.29, 1.82) is 0 Å². The minimum atomic E-state index is 0. The molecule has 0 aliphatic carbocycles. The van der Waals surface area contributed by atoms with E-state index in [1.807, 2.05) is 36.4 Å². The van der Waals surface area contributed by atoms with Crippen molar-refractivity contribution in [2.45, 2.75) is 328 Å². The van der Waals surface area contributed by atoms with Crippen molar-refractivity contribution in [1.82, 2.24) is 61.2 Å². The Hall–Kier alpha value is -3.55. The van der Waals surface area contributed by atoms with E-state index < -0.39 is 0 Å². The second-order valence-electron chi connectivity index (χ2n) is 37.0. The van der Waals surface area contributed by atoms with E-state index in [0.29, 0.717) is 0 Å². The quantitative estimate of drug-likeness (QED) is 0.141. The van der Waals surface area contributed by atoms with Gasteiger partial charge in [0.25, 0.3) is 0 Å². The Bertz CT molecular complexity index is 2620. The van der Waals surface area contributed by atoms with E-state index >= 15 is 0 Å². The third-order valence-corrected chi connectivity index (χ3v) is 14.3. The maximum Gasteiger partial charge on any atom is 3.00 e. The second-order valence-corrected chi connectivity index (χ2v) is 37.0. The first kappa shape index (κ1) is 92.5. The van der Waals surface area contributed by atoms with Crippen LogP contribution in [0.5, 0.6) is 0 Å². The number of benzene rings is 2. The van der Waals surface area contributed by atoms with Crippen LogP contribution in [0.25, 0.3) is 0 Å². The van der Waals surface area contributed by atoms with Crippen LogP contribution in [0.1, 0.15) is 329 Å². The van der Waals surface area contributed by atoms with Crippen molar-refractivity contribution in [3.8, 4) is 0 Å². The van der Waals surface area contributed by atoms with Gasteiger partial charge in [-0.05, 0) is 46.3 Å². The van der Waals surface area contributed by atoms with Gasteiger partial charge in [-0.3, -0.25) is 0 Å². The molecule has 2 aromatic carbocycles. The van der Waals surface area contributed by atoms with Gasteiger partial charge in [0.15, 0.2) is 0 Å². The van der Waals surface area contributed by atoms with Gasteiger partial charge in [0.2, 0.25) is 0 Å². The van der Waals surface area contributed by atoms with Gasteiger partial charge in [0.1, 0.15) is 0 Å². The predicted molar refractivity (Wildman–Crippen MR) is 392 cm³/mol. The average Bonchev–Trinajstić information content (AvgIpc) is 1.92. The van der Waals surface area contributed by atoms with Gasteiger partial charge in [-0.2, -0.15) is 0 Å². The molecule has 518 valence electrons. The normalized spacial score (nSPS) is 12.4. The molecule has 14 heteroatoms. The third-order valence-electron chi connectivity index (χ3n) is 14.3.